The molecule has 0 amide bonds. The Hall–Kier alpha value is -2.29. The minimum atomic E-state index is -0.317. The molecule has 5 nitrogen and oxygen atoms in total. The number of rotatable bonds is 6. The van der Waals surface area contributed by atoms with Gasteiger partial charge in [-0.3, -0.25) is 4.98 Å². The summed E-state index contributed by atoms with van der Waals surface area (Å²) in [6.07, 6.45) is 2.33. The van der Waals surface area contributed by atoms with Gasteiger partial charge in [0.2, 0.25) is 0 Å². The lowest BCUT2D eigenvalue weighted by molar-refractivity contribution is 0.233. The molecule has 0 bridgehead atoms. The number of benzene rings is 1. The second kappa shape index (κ2) is 8.61. The third kappa shape index (κ3) is 4.05. The summed E-state index contributed by atoms with van der Waals surface area (Å²) in [4.78, 5) is 6.51. The van der Waals surface area contributed by atoms with Crippen LogP contribution in [0.15, 0.2) is 63.6 Å². The van der Waals surface area contributed by atoms with Crippen molar-refractivity contribution in [2.24, 2.45) is 0 Å². The Labute approximate surface area is 181 Å². The van der Waals surface area contributed by atoms with Gasteiger partial charge in [-0.25, -0.2) is 4.39 Å². The number of hydrogen-bond acceptors (Lipinski definition) is 4. The van der Waals surface area contributed by atoms with E-state index in [0.717, 1.165) is 17.0 Å². The highest BCUT2D eigenvalue weighted by molar-refractivity contribution is 9.10. The molecule has 8 heteroatoms. The van der Waals surface area contributed by atoms with Crippen LogP contribution in [0.5, 0.6) is 0 Å². The summed E-state index contributed by atoms with van der Waals surface area (Å²) in [7, 11) is 0. The molecule has 1 aliphatic heterocycles. The van der Waals surface area contributed by atoms with Crippen LogP contribution in [-0.2, 0) is 0 Å². The average molecular weight is 476 g/mol. The number of aliphatic hydroxyl groups excluding tert-OH is 1. The summed E-state index contributed by atoms with van der Waals surface area (Å²) in [5, 5.41) is 13.2. The van der Waals surface area contributed by atoms with Crippen molar-refractivity contribution in [1.82, 2.24) is 15.2 Å². The summed E-state index contributed by atoms with van der Waals surface area (Å²) in [5.74, 6) is 1.03. The maximum absolute atomic E-state index is 13.4. The quantitative estimate of drug-likeness (QED) is 0.508. The van der Waals surface area contributed by atoms with Crippen LogP contribution in [0.2, 0.25) is 0 Å². The van der Waals surface area contributed by atoms with Crippen molar-refractivity contribution in [3.8, 4) is 11.3 Å². The normalized spacial score (nSPS) is 18.9. The zero-order chi connectivity index (χ0) is 20.4. The van der Waals surface area contributed by atoms with Gasteiger partial charge in [0.25, 0.3) is 0 Å². The first kappa shape index (κ1) is 20.0. The Balaban J connectivity index is 1.72. The van der Waals surface area contributed by atoms with Crippen LogP contribution < -0.4 is 5.32 Å². The van der Waals surface area contributed by atoms with Crippen molar-refractivity contribution in [2.45, 2.75) is 18.5 Å². The SMILES string of the molecule is OCCCN1C(=S)N[C@@H](c2ccccn2)[C@@H]1c1ccc(-c2ccc(F)cc2Br)o1. The molecule has 3 heterocycles. The summed E-state index contributed by atoms with van der Waals surface area (Å²) >= 11 is 8.96. The van der Waals surface area contributed by atoms with E-state index in [0.29, 0.717) is 28.3 Å². The van der Waals surface area contributed by atoms with E-state index in [4.69, 9.17) is 16.6 Å². The van der Waals surface area contributed by atoms with E-state index in [9.17, 15) is 9.50 Å². The number of furan rings is 1. The minimum Gasteiger partial charge on any atom is -0.459 e. The van der Waals surface area contributed by atoms with E-state index in [2.05, 4.69) is 26.2 Å². The van der Waals surface area contributed by atoms with Gasteiger partial charge in [-0.15, -0.1) is 0 Å². The Kier molecular flexibility index (Phi) is 5.94. The highest BCUT2D eigenvalue weighted by Crippen LogP contribution is 2.41. The Morgan fingerprint density at radius 1 is 1.24 bits per heavy atom. The number of aromatic nitrogens is 1. The van der Waals surface area contributed by atoms with Crippen LogP contribution in [0.25, 0.3) is 11.3 Å². The molecule has 1 saturated heterocycles. The fourth-order valence-corrected chi connectivity index (χ4v) is 4.42. The molecule has 150 valence electrons. The van der Waals surface area contributed by atoms with Gasteiger partial charge in [0.15, 0.2) is 5.11 Å². The number of hydrogen-bond donors (Lipinski definition) is 2. The first-order chi connectivity index (χ1) is 14.1. The second-order valence-corrected chi connectivity index (χ2v) is 7.96. The molecule has 1 aliphatic rings. The first-order valence-electron chi connectivity index (χ1n) is 9.22. The molecule has 0 aliphatic carbocycles. The first-order valence-corrected chi connectivity index (χ1v) is 10.4. The molecule has 3 aromatic rings. The molecule has 0 spiro atoms. The van der Waals surface area contributed by atoms with E-state index in [-0.39, 0.29) is 24.5 Å². The number of nitrogens with zero attached hydrogens (tertiary/aromatic N) is 2. The van der Waals surface area contributed by atoms with E-state index < -0.39 is 0 Å². The van der Waals surface area contributed by atoms with Gasteiger partial charge in [-0.1, -0.05) is 6.07 Å². The molecule has 1 fully saturated rings. The Morgan fingerprint density at radius 3 is 2.83 bits per heavy atom. The lowest BCUT2D eigenvalue weighted by Gasteiger charge is -2.25. The van der Waals surface area contributed by atoms with Crippen molar-refractivity contribution >= 4 is 33.3 Å². The van der Waals surface area contributed by atoms with Gasteiger partial charge in [0.05, 0.1) is 11.7 Å². The number of nitrogens with one attached hydrogen (secondary N) is 1. The smallest absolute Gasteiger partial charge is 0.170 e. The zero-order valence-electron chi connectivity index (χ0n) is 15.4. The molecule has 2 N–H and O–H groups in total. The number of thiocarbonyl (C=S) groups is 1. The second-order valence-electron chi connectivity index (χ2n) is 6.72. The predicted octanol–water partition coefficient (Wildman–Crippen LogP) is 4.60. The maximum Gasteiger partial charge on any atom is 0.170 e. The average Bonchev–Trinajstić information content (AvgIpc) is 3.31. The third-order valence-corrected chi connectivity index (χ3v) is 5.88. The molecule has 0 unspecified atom stereocenters. The molecule has 0 saturated carbocycles. The molecule has 2 aromatic heterocycles. The largest absolute Gasteiger partial charge is 0.459 e. The Morgan fingerprint density at radius 2 is 2.10 bits per heavy atom. The Bertz CT molecular complexity index is 1010. The minimum absolute atomic E-state index is 0.0754. The van der Waals surface area contributed by atoms with Gasteiger partial charge in [-0.05, 0) is 77.0 Å². The number of aliphatic hydroxyl groups is 1. The predicted molar refractivity (Wildman–Crippen MR) is 116 cm³/mol. The summed E-state index contributed by atoms with van der Waals surface area (Å²) in [6, 6.07) is 13.6. The van der Waals surface area contributed by atoms with E-state index in [1.165, 1.54) is 12.1 Å². The summed E-state index contributed by atoms with van der Waals surface area (Å²) in [5.41, 5.74) is 1.62. The lowest BCUT2D eigenvalue weighted by Crippen LogP contribution is -2.30. The molecule has 2 atom stereocenters. The third-order valence-electron chi connectivity index (χ3n) is 4.87. The topological polar surface area (TPSA) is 61.5 Å². The van der Waals surface area contributed by atoms with Gasteiger partial charge in [0.1, 0.15) is 23.4 Å². The van der Waals surface area contributed by atoms with Crippen molar-refractivity contribution < 1.29 is 13.9 Å². The van der Waals surface area contributed by atoms with Crippen LogP contribution in [0, 0.1) is 5.82 Å². The van der Waals surface area contributed by atoms with Crippen LogP contribution in [0.4, 0.5) is 4.39 Å². The molecule has 0 radical (unpaired) electrons. The molecule has 29 heavy (non-hydrogen) atoms. The van der Waals surface area contributed by atoms with E-state index in [1.54, 1.807) is 12.3 Å². The van der Waals surface area contributed by atoms with Crippen LogP contribution in [-0.4, -0.2) is 33.3 Å². The molecular weight excluding hydrogens is 457 g/mol. The zero-order valence-corrected chi connectivity index (χ0v) is 17.8. The van der Waals surface area contributed by atoms with Crippen molar-refractivity contribution in [1.29, 1.82) is 0 Å². The van der Waals surface area contributed by atoms with Gasteiger partial charge < -0.3 is 19.7 Å². The highest BCUT2D eigenvalue weighted by atomic mass is 79.9. The summed E-state index contributed by atoms with van der Waals surface area (Å²) < 4.78 is 20.3. The van der Waals surface area contributed by atoms with Gasteiger partial charge in [0, 0.05) is 29.4 Å². The fourth-order valence-electron chi connectivity index (χ4n) is 3.54. The monoisotopic (exact) mass is 475 g/mol. The van der Waals surface area contributed by atoms with Gasteiger partial charge >= 0.3 is 0 Å². The lowest BCUT2D eigenvalue weighted by atomic mass is 10.0. The van der Waals surface area contributed by atoms with Crippen LogP contribution >= 0.6 is 28.1 Å². The van der Waals surface area contributed by atoms with Crippen molar-refractivity contribution in [2.75, 3.05) is 13.2 Å². The van der Waals surface area contributed by atoms with Crippen molar-refractivity contribution in [3.05, 3.63) is 76.5 Å². The standard InChI is InChI=1S/C21H19BrFN3O2S/c22-15-12-13(23)5-6-14(15)17-7-8-18(28-17)20-19(16-4-1-2-9-24-16)25-21(29)26(20)10-3-11-27/h1-2,4-9,12,19-20,27H,3,10-11H2,(H,25,29)/t19-,20-/m0/s1. The van der Waals surface area contributed by atoms with Crippen molar-refractivity contribution in [3.63, 3.8) is 0 Å². The number of halogens is 2. The fraction of sp³-hybridized carbons (Fsp3) is 0.238. The van der Waals surface area contributed by atoms with Gasteiger partial charge in [-0.2, -0.15) is 0 Å². The highest BCUT2D eigenvalue weighted by Gasteiger charge is 2.41. The molecule has 4 rings (SSSR count). The molecule has 1 aromatic carbocycles. The molecular formula is C21H19BrFN3O2S. The van der Waals surface area contributed by atoms with E-state index in [1.807, 2.05) is 35.2 Å². The summed E-state index contributed by atoms with van der Waals surface area (Å²) in [6.45, 7) is 0.665. The maximum atomic E-state index is 13.4. The van der Waals surface area contributed by atoms with E-state index >= 15 is 0 Å². The van der Waals surface area contributed by atoms with Crippen LogP contribution in [0.3, 0.4) is 0 Å². The number of pyridine rings is 1. The van der Waals surface area contributed by atoms with Crippen LogP contribution in [0.1, 0.15) is 30.0 Å².